The van der Waals surface area contributed by atoms with Gasteiger partial charge in [-0.3, -0.25) is 9.59 Å². The molecule has 7 heteroatoms. The third-order valence-electron chi connectivity index (χ3n) is 4.93. The highest BCUT2D eigenvalue weighted by atomic mass is 16.6. The quantitative estimate of drug-likeness (QED) is 0.588. The first kappa shape index (κ1) is 24.2. The third-order valence-corrected chi connectivity index (χ3v) is 4.93. The predicted molar refractivity (Wildman–Crippen MR) is 116 cm³/mol. The Kier molecular flexibility index (Phi) is 8.02. The van der Waals surface area contributed by atoms with Gasteiger partial charge in [0.15, 0.2) is 6.10 Å². The van der Waals surface area contributed by atoms with Gasteiger partial charge in [-0.05, 0) is 32.8 Å². The fourth-order valence-electron chi connectivity index (χ4n) is 3.60. The molecule has 168 valence electrons. The summed E-state index contributed by atoms with van der Waals surface area (Å²) in [5.74, 6) is -1.93. The standard InChI is InChI=1S/C24H31NO6/c1-5-18-13-9-10-16-24(18,25-22(29)31-23(2,3)4)21(17-11-7-6-8-12-17)30-20(28)15-14-19(26)27/h6-13,16,18,21H,5,14-15H2,1-4H3,(H,25,29)(H,26,27). The summed E-state index contributed by atoms with van der Waals surface area (Å²) in [7, 11) is 0. The van der Waals surface area contributed by atoms with E-state index in [-0.39, 0.29) is 18.8 Å². The minimum Gasteiger partial charge on any atom is -0.481 e. The van der Waals surface area contributed by atoms with Gasteiger partial charge in [0.2, 0.25) is 0 Å². The number of carboxylic acid groups (broad SMARTS) is 1. The number of ether oxygens (including phenoxy) is 2. The number of esters is 1. The van der Waals surface area contributed by atoms with Crippen LogP contribution in [0.3, 0.4) is 0 Å². The van der Waals surface area contributed by atoms with E-state index in [2.05, 4.69) is 5.32 Å². The molecule has 0 bridgehead atoms. The molecule has 31 heavy (non-hydrogen) atoms. The highest BCUT2D eigenvalue weighted by Gasteiger charge is 2.48. The van der Waals surface area contributed by atoms with Crippen LogP contribution in [-0.2, 0) is 19.1 Å². The molecule has 0 saturated heterocycles. The van der Waals surface area contributed by atoms with Crippen molar-refractivity contribution in [1.29, 1.82) is 0 Å². The van der Waals surface area contributed by atoms with Crippen LogP contribution in [0.15, 0.2) is 54.6 Å². The maximum Gasteiger partial charge on any atom is 0.408 e. The predicted octanol–water partition coefficient (Wildman–Crippen LogP) is 4.55. The molecule has 0 aliphatic heterocycles. The van der Waals surface area contributed by atoms with Crippen LogP contribution in [-0.4, -0.2) is 34.3 Å². The number of benzene rings is 1. The Hall–Kier alpha value is -3.09. The van der Waals surface area contributed by atoms with Crippen LogP contribution in [0.4, 0.5) is 4.79 Å². The third kappa shape index (κ3) is 6.70. The number of carboxylic acids is 1. The Morgan fingerprint density at radius 3 is 2.39 bits per heavy atom. The molecule has 2 rings (SSSR count). The molecule has 3 atom stereocenters. The molecule has 0 radical (unpaired) electrons. The SMILES string of the molecule is CCC1C=CC=CC1(NC(=O)OC(C)(C)C)C(OC(=O)CCC(=O)O)c1ccccc1. The van der Waals surface area contributed by atoms with E-state index < -0.39 is 35.3 Å². The summed E-state index contributed by atoms with van der Waals surface area (Å²) in [5, 5.41) is 11.9. The monoisotopic (exact) mass is 429 g/mol. The molecular formula is C24H31NO6. The number of carbonyl (C=O) groups excluding carboxylic acids is 2. The molecule has 1 aromatic rings. The van der Waals surface area contributed by atoms with E-state index in [0.717, 1.165) is 0 Å². The molecule has 0 heterocycles. The zero-order chi connectivity index (χ0) is 23.1. The van der Waals surface area contributed by atoms with Gasteiger partial charge >= 0.3 is 18.0 Å². The smallest absolute Gasteiger partial charge is 0.408 e. The van der Waals surface area contributed by atoms with Crippen LogP contribution >= 0.6 is 0 Å². The summed E-state index contributed by atoms with van der Waals surface area (Å²) >= 11 is 0. The maximum absolute atomic E-state index is 12.8. The van der Waals surface area contributed by atoms with Crippen molar-refractivity contribution in [3.05, 3.63) is 60.2 Å². The van der Waals surface area contributed by atoms with E-state index in [4.69, 9.17) is 14.6 Å². The van der Waals surface area contributed by atoms with Crippen molar-refractivity contribution >= 4 is 18.0 Å². The largest absolute Gasteiger partial charge is 0.481 e. The van der Waals surface area contributed by atoms with Crippen molar-refractivity contribution in [1.82, 2.24) is 5.32 Å². The van der Waals surface area contributed by atoms with E-state index in [0.29, 0.717) is 12.0 Å². The van der Waals surface area contributed by atoms with Gasteiger partial charge in [0.25, 0.3) is 0 Å². The number of amides is 1. The minimum absolute atomic E-state index is 0.192. The number of hydrogen-bond acceptors (Lipinski definition) is 5. The lowest BCUT2D eigenvalue weighted by molar-refractivity contribution is -0.156. The normalized spacial score (nSPS) is 21.2. The summed E-state index contributed by atoms with van der Waals surface area (Å²) in [6.45, 7) is 7.29. The first-order valence-corrected chi connectivity index (χ1v) is 10.4. The Bertz CT molecular complexity index is 839. The molecule has 1 aromatic carbocycles. The van der Waals surface area contributed by atoms with Crippen LogP contribution < -0.4 is 5.32 Å². The summed E-state index contributed by atoms with van der Waals surface area (Å²) in [5.41, 5.74) is -1.13. The second-order valence-corrected chi connectivity index (χ2v) is 8.49. The average Bonchev–Trinajstić information content (AvgIpc) is 2.70. The minimum atomic E-state index is -1.11. The van der Waals surface area contributed by atoms with E-state index in [9.17, 15) is 14.4 Å². The van der Waals surface area contributed by atoms with Crippen LogP contribution in [0.5, 0.6) is 0 Å². The van der Waals surface area contributed by atoms with Crippen LogP contribution in [0, 0.1) is 5.92 Å². The van der Waals surface area contributed by atoms with E-state index in [1.807, 2.05) is 55.5 Å². The lowest BCUT2D eigenvalue weighted by Gasteiger charge is -2.44. The fraction of sp³-hybridized carbons (Fsp3) is 0.458. The first-order chi connectivity index (χ1) is 14.6. The summed E-state index contributed by atoms with van der Waals surface area (Å²) in [6.07, 6.45) is 6.00. The van der Waals surface area contributed by atoms with Gasteiger partial charge < -0.3 is 19.9 Å². The number of rotatable bonds is 8. The van der Waals surface area contributed by atoms with E-state index >= 15 is 0 Å². The fourth-order valence-corrected chi connectivity index (χ4v) is 3.60. The van der Waals surface area contributed by atoms with Crippen molar-refractivity contribution in [3.8, 4) is 0 Å². The summed E-state index contributed by atoms with van der Waals surface area (Å²) < 4.78 is 11.3. The molecule has 2 N–H and O–H groups in total. The van der Waals surface area contributed by atoms with Gasteiger partial charge in [0.05, 0.1) is 12.8 Å². The van der Waals surface area contributed by atoms with Gasteiger partial charge in [0.1, 0.15) is 11.1 Å². The molecule has 1 amide bonds. The van der Waals surface area contributed by atoms with Gasteiger partial charge in [0, 0.05) is 5.92 Å². The zero-order valence-corrected chi connectivity index (χ0v) is 18.5. The number of aliphatic carboxylic acids is 1. The van der Waals surface area contributed by atoms with Crippen molar-refractivity contribution < 1.29 is 29.0 Å². The molecule has 1 aliphatic carbocycles. The number of alkyl carbamates (subject to hydrolysis) is 1. The van der Waals surface area contributed by atoms with Crippen LogP contribution in [0.2, 0.25) is 0 Å². The number of allylic oxidation sites excluding steroid dienone is 2. The Morgan fingerprint density at radius 2 is 1.81 bits per heavy atom. The molecule has 0 aromatic heterocycles. The van der Waals surface area contributed by atoms with Crippen LogP contribution in [0.25, 0.3) is 0 Å². The van der Waals surface area contributed by atoms with Crippen molar-refractivity contribution in [2.24, 2.45) is 5.92 Å². The van der Waals surface area contributed by atoms with Crippen molar-refractivity contribution in [2.75, 3.05) is 0 Å². The lowest BCUT2D eigenvalue weighted by Crippen LogP contribution is -2.58. The molecule has 1 aliphatic rings. The molecule has 3 unspecified atom stereocenters. The van der Waals surface area contributed by atoms with Crippen LogP contribution in [0.1, 0.15) is 58.6 Å². The van der Waals surface area contributed by atoms with Gasteiger partial charge in [-0.1, -0.05) is 61.6 Å². The number of carbonyl (C=O) groups is 3. The molecule has 7 nitrogen and oxygen atoms in total. The Morgan fingerprint density at radius 1 is 1.13 bits per heavy atom. The van der Waals surface area contributed by atoms with Gasteiger partial charge in [-0.2, -0.15) is 0 Å². The second kappa shape index (κ2) is 10.3. The lowest BCUT2D eigenvalue weighted by atomic mass is 9.73. The maximum atomic E-state index is 12.8. The highest BCUT2D eigenvalue weighted by Crippen LogP contribution is 2.41. The zero-order valence-electron chi connectivity index (χ0n) is 18.5. The number of nitrogens with one attached hydrogen (secondary N) is 1. The second-order valence-electron chi connectivity index (χ2n) is 8.49. The van der Waals surface area contributed by atoms with Gasteiger partial charge in [-0.15, -0.1) is 0 Å². The topological polar surface area (TPSA) is 102 Å². The Labute approximate surface area is 183 Å². The van der Waals surface area contributed by atoms with Crippen molar-refractivity contribution in [2.45, 2.75) is 64.2 Å². The van der Waals surface area contributed by atoms with E-state index in [1.54, 1.807) is 26.8 Å². The molecular weight excluding hydrogens is 398 g/mol. The Balaban J connectivity index is 2.49. The molecule has 0 spiro atoms. The molecule has 0 saturated carbocycles. The summed E-state index contributed by atoms with van der Waals surface area (Å²) in [4.78, 5) is 36.3. The van der Waals surface area contributed by atoms with Gasteiger partial charge in [-0.25, -0.2) is 4.79 Å². The average molecular weight is 430 g/mol. The first-order valence-electron chi connectivity index (χ1n) is 10.4. The summed E-state index contributed by atoms with van der Waals surface area (Å²) in [6, 6.07) is 9.10. The molecule has 0 fully saturated rings. The number of hydrogen-bond donors (Lipinski definition) is 2. The van der Waals surface area contributed by atoms with Crippen molar-refractivity contribution in [3.63, 3.8) is 0 Å². The highest BCUT2D eigenvalue weighted by molar-refractivity contribution is 5.77. The van der Waals surface area contributed by atoms with E-state index in [1.165, 1.54) is 0 Å².